The molecular formula is C25H21ClN2O3. The molecule has 0 spiro atoms. The molecule has 0 aliphatic heterocycles. The number of pyridine rings is 1. The van der Waals surface area contributed by atoms with Crippen molar-refractivity contribution in [3.8, 4) is 5.75 Å². The number of hydrogen-bond acceptors (Lipinski definition) is 4. The zero-order valence-corrected chi connectivity index (χ0v) is 17.5. The van der Waals surface area contributed by atoms with Gasteiger partial charge in [0.15, 0.2) is 5.76 Å². The van der Waals surface area contributed by atoms with Gasteiger partial charge >= 0.3 is 0 Å². The molecule has 4 rings (SSSR count). The highest BCUT2D eigenvalue weighted by atomic mass is 35.5. The quantitative estimate of drug-likeness (QED) is 0.403. The zero-order valence-electron chi connectivity index (χ0n) is 16.8. The minimum atomic E-state index is -0.288. The van der Waals surface area contributed by atoms with Crippen LogP contribution < -0.4 is 10.1 Å². The molecule has 0 atom stereocenters. The fraction of sp³-hybridized carbons (Fsp3) is 0.120. The van der Waals surface area contributed by atoms with E-state index >= 15 is 0 Å². The summed E-state index contributed by atoms with van der Waals surface area (Å²) in [5.41, 5.74) is 2.74. The number of halogens is 1. The van der Waals surface area contributed by atoms with Crippen molar-refractivity contribution in [2.45, 2.75) is 19.6 Å². The van der Waals surface area contributed by atoms with Gasteiger partial charge in [-0.25, -0.2) is 0 Å². The van der Waals surface area contributed by atoms with E-state index in [9.17, 15) is 4.79 Å². The SMILES string of the molecule is O=C(NCc1ccccn1)c1ccc(Cc2cc(Cl)ccc2OCc2ccccc2)o1. The van der Waals surface area contributed by atoms with Crippen LogP contribution in [0.5, 0.6) is 5.75 Å². The molecule has 0 saturated heterocycles. The Morgan fingerprint density at radius 3 is 2.65 bits per heavy atom. The molecule has 0 fully saturated rings. The fourth-order valence-electron chi connectivity index (χ4n) is 3.11. The van der Waals surface area contributed by atoms with Crippen LogP contribution in [0.2, 0.25) is 5.02 Å². The van der Waals surface area contributed by atoms with Crippen molar-refractivity contribution in [1.82, 2.24) is 10.3 Å². The van der Waals surface area contributed by atoms with Crippen molar-refractivity contribution in [3.05, 3.63) is 118 Å². The molecule has 2 aromatic carbocycles. The molecule has 156 valence electrons. The molecule has 0 saturated carbocycles. The predicted octanol–water partition coefficient (Wildman–Crippen LogP) is 5.43. The molecule has 0 unspecified atom stereocenters. The molecule has 6 heteroatoms. The van der Waals surface area contributed by atoms with Gasteiger partial charge in [-0.2, -0.15) is 0 Å². The maximum Gasteiger partial charge on any atom is 0.287 e. The van der Waals surface area contributed by atoms with Crippen LogP contribution in [-0.2, 0) is 19.6 Å². The minimum absolute atomic E-state index is 0.250. The van der Waals surface area contributed by atoms with E-state index in [1.165, 1.54) is 0 Å². The summed E-state index contributed by atoms with van der Waals surface area (Å²) >= 11 is 6.20. The summed E-state index contributed by atoms with van der Waals surface area (Å²) < 4.78 is 11.8. The van der Waals surface area contributed by atoms with Gasteiger partial charge < -0.3 is 14.5 Å². The number of rotatable bonds is 8. The van der Waals surface area contributed by atoms with E-state index in [4.69, 9.17) is 20.8 Å². The topological polar surface area (TPSA) is 64.4 Å². The number of hydrogen-bond donors (Lipinski definition) is 1. The first-order chi connectivity index (χ1) is 15.2. The minimum Gasteiger partial charge on any atom is -0.489 e. The summed E-state index contributed by atoms with van der Waals surface area (Å²) in [6, 6.07) is 24.5. The highest BCUT2D eigenvalue weighted by Crippen LogP contribution is 2.27. The van der Waals surface area contributed by atoms with E-state index < -0.39 is 0 Å². The van der Waals surface area contributed by atoms with Gasteiger partial charge in [0.1, 0.15) is 18.1 Å². The number of furan rings is 1. The standard InChI is InChI=1S/C25H21ClN2O3/c26-20-9-11-23(30-17-18-6-2-1-3-7-18)19(14-20)15-22-10-12-24(31-22)25(29)28-16-21-8-4-5-13-27-21/h1-14H,15-17H2,(H,28,29). The predicted molar refractivity (Wildman–Crippen MR) is 119 cm³/mol. The van der Waals surface area contributed by atoms with Gasteiger partial charge in [0.25, 0.3) is 5.91 Å². The number of benzene rings is 2. The summed E-state index contributed by atoms with van der Waals surface area (Å²) in [6.07, 6.45) is 2.15. The molecular weight excluding hydrogens is 412 g/mol. The Balaban J connectivity index is 1.41. The molecule has 2 heterocycles. The lowest BCUT2D eigenvalue weighted by atomic mass is 10.1. The van der Waals surface area contributed by atoms with E-state index in [0.29, 0.717) is 30.4 Å². The Bertz CT molecular complexity index is 1140. The largest absolute Gasteiger partial charge is 0.489 e. The van der Waals surface area contributed by atoms with Gasteiger partial charge in [-0.3, -0.25) is 9.78 Å². The molecule has 0 aliphatic rings. The number of carbonyl (C=O) groups excluding carboxylic acids is 1. The van der Waals surface area contributed by atoms with Crippen LogP contribution in [0.25, 0.3) is 0 Å². The second-order valence-corrected chi connectivity index (χ2v) is 7.41. The van der Waals surface area contributed by atoms with Crippen molar-refractivity contribution in [1.29, 1.82) is 0 Å². The summed E-state index contributed by atoms with van der Waals surface area (Å²) in [4.78, 5) is 16.6. The molecule has 4 aromatic rings. The first-order valence-corrected chi connectivity index (χ1v) is 10.3. The molecule has 0 radical (unpaired) electrons. The second-order valence-electron chi connectivity index (χ2n) is 6.97. The van der Waals surface area contributed by atoms with Gasteiger partial charge in [-0.1, -0.05) is 48.0 Å². The Morgan fingerprint density at radius 1 is 1.00 bits per heavy atom. The molecule has 31 heavy (non-hydrogen) atoms. The number of ether oxygens (including phenoxy) is 1. The third kappa shape index (κ3) is 5.74. The first-order valence-electron chi connectivity index (χ1n) is 9.89. The number of aromatic nitrogens is 1. The average molecular weight is 433 g/mol. The van der Waals surface area contributed by atoms with Crippen LogP contribution in [0.15, 0.2) is 89.5 Å². The summed E-state index contributed by atoms with van der Waals surface area (Å²) in [6.45, 7) is 0.788. The van der Waals surface area contributed by atoms with Crippen LogP contribution in [0.4, 0.5) is 0 Å². The van der Waals surface area contributed by atoms with Crippen molar-refractivity contribution >= 4 is 17.5 Å². The molecule has 5 nitrogen and oxygen atoms in total. The van der Waals surface area contributed by atoms with Crippen molar-refractivity contribution in [2.75, 3.05) is 0 Å². The fourth-order valence-corrected chi connectivity index (χ4v) is 3.30. The lowest BCUT2D eigenvalue weighted by Gasteiger charge is -2.11. The number of nitrogens with zero attached hydrogens (tertiary/aromatic N) is 1. The Labute approximate surface area is 185 Å². The van der Waals surface area contributed by atoms with Gasteiger partial charge in [-0.05, 0) is 48.0 Å². The maximum absolute atomic E-state index is 12.4. The Morgan fingerprint density at radius 2 is 1.84 bits per heavy atom. The van der Waals surface area contributed by atoms with Crippen molar-refractivity contribution in [3.63, 3.8) is 0 Å². The summed E-state index contributed by atoms with van der Waals surface area (Å²) in [7, 11) is 0. The number of carbonyl (C=O) groups is 1. The monoisotopic (exact) mass is 432 g/mol. The second kappa shape index (κ2) is 9.96. The summed E-state index contributed by atoms with van der Waals surface area (Å²) in [5, 5.41) is 3.42. The normalized spacial score (nSPS) is 10.6. The van der Waals surface area contributed by atoms with Crippen LogP contribution in [0.3, 0.4) is 0 Å². The third-order valence-corrected chi connectivity index (χ3v) is 4.90. The van der Waals surface area contributed by atoms with Crippen molar-refractivity contribution in [2.24, 2.45) is 0 Å². The highest BCUT2D eigenvalue weighted by molar-refractivity contribution is 6.30. The van der Waals surface area contributed by atoms with Crippen LogP contribution in [0.1, 0.15) is 33.1 Å². The zero-order chi connectivity index (χ0) is 21.5. The highest BCUT2D eigenvalue weighted by Gasteiger charge is 2.14. The van der Waals surface area contributed by atoms with Crippen molar-refractivity contribution < 1.29 is 13.9 Å². The lowest BCUT2D eigenvalue weighted by Crippen LogP contribution is -2.22. The van der Waals surface area contributed by atoms with Gasteiger partial charge in [-0.15, -0.1) is 0 Å². The van der Waals surface area contributed by atoms with Gasteiger partial charge in [0.2, 0.25) is 0 Å². The average Bonchev–Trinajstić information content (AvgIpc) is 3.27. The van der Waals surface area contributed by atoms with Crippen LogP contribution in [0, 0.1) is 0 Å². The van der Waals surface area contributed by atoms with E-state index in [2.05, 4.69) is 10.3 Å². The van der Waals surface area contributed by atoms with Crippen LogP contribution in [-0.4, -0.2) is 10.9 Å². The van der Waals surface area contributed by atoms with E-state index in [0.717, 1.165) is 22.6 Å². The molecule has 1 N–H and O–H groups in total. The van der Waals surface area contributed by atoms with E-state index in [-0.39, 0.29) is 11.7 Å². The molecule has 1 amide bonds. The first kappa shape index (κ1) is 20.7. The molecule has 0 bridgehead atoms. The van der Waals surface area contributed by atoms with E-state index in [1.54, 1.807) is 24.4 Å². The van der Waals surface area contributed by atoms with Crippen LogP contribution >= 0.6 is 11.6 Å². The third-order valence-electron chi connectivity index (χ3n) is 4.67. The smallest absolute Gasteiger partial charge is 0.287 e. The molecule has 0 aliphatic carbocycles. The number of nitrogens with one attached hydrogen (secondary N) is 1. The Hall–Kier alpha value is -3.57. The maximum atomic E-state index is 12.4. The molecule has 2 aromatic heterocycles. The van der Waals surface area contributed by atoms with Gasteiger partial charge in [0.05, 0.1) is 12.2 Å². The summed E-state index contributed by atoms with van der Waals surface area (Å²) in [5.74, 6) is 1.34. The van der Waals surface area contributed by atoms with Gasteiger partial charge in [0, 0.05) is 23.2 Å². The Kier molecular flexibility index (Phi) is 6.65. The number of amides is 1. The lowest BCUT2D eigenvalue weighted by molar-refractivity contribution is 0.0921. The van der Waals surface area contributed by atoms with E-state index in [1.807, 2.05) is 60.7 Å².